The predicted molar refractivity (Wildman–Crippen MR) is 64.4 cm³/mol. The molecule has 0 aromatic carbocycles. The maximum atomic E-state index is 11.5. The summed E-state index contributed by atoms with van der Waals surface area (Å²) in [6, 6.07) is 0. The van der Waals surface area contributed by atoms with Crippen LogP contribution in [0.2, 0.25) is 0 Å². The van der Waals surface area contributed by atoms with Crippen LogP contribution in [0.15, 0.2) is 12.4 Å². The molecule has 1 amide bonds. The summed E-state index contributed by atoms with van der Waals surface area (Å²) in [5.74, 6) is -0.278. The van der Waals surface area contributed by atoms with Crippen molar-refractivity contribution in [3.05, 3.63) is 22.5 Å². The maximum Gasteiger partial charge on any atom is 0.307 e. The molecule has 0 aliphatic carbocycles. The van der Waals surface area contributed by atoms with Crippen molar-refractivity contribution in [2.45, 2.75) is 13.0 Å². The summed E-state index contributed by atoms with van der Waals surface area (Å²) in [6.45, 7) is 1.09. The van der Waals surface area contributed by atoms with Gasteiger partial charge in [-0.25, -0.2) is 0 Å². The van der Waals surface area contributed by atoms with E-state index in [1.165, 1.54) is 10.9 Å². The zero-order valence-electron chi connectivity index (χ0n) is 10.3. The molecule has 2 N–H and O–H groups in total. The fourth-order valence-corrected chi connectivity index (χ4v) is 1.31. The van der Waals surface area contributed by atoms with Gasteiger partial charge in [-0.05, 0) is 6.42 Å². The van der Waals surface area contributed by atoms with E-state index in [0.29, 0.717) is 19.6 Å². The third kappa shape index (κ3) is 5.93. The molecule has 0 aliphatic rings. The number of hydrogen-bond donors (Lipinski definition) is 2. The smallest absolute Gasteiger partial charge is 0.307 e. The quantitative estimate of drug-likeness (QED) is 0.349. The number of rotatable bonds is 9. The zero-order valence-corrected chi connectivity index (χ0v) is 10.3. The van der Waals surface area contributed by atoms with E-state index in [-0.39, 0.29) is 31.4 Å². The highest BCUT2D eigenvalue weighted by Gasteiger charge is 2.10. The summed E-state index contributed by atoms with van der Waals surface area (Å²) in [5.41, 5.74) is -0.148. The van der Waals surface area contributed by atoms with E-state index in [1.54, 1.807) is 0 Å². The van der Waals surface area contributed by atoms with Gasteiger partial charge in [-0.3, -0.25) is 19.6 Å². The molecule has 0 atom stereocenters. The molecular formula is C10H16N4O5. The number of nitrogens with zero attached hydrogens (tertiary/aromatic N) is 3. The van der Waals surface area contributed by atoms with Crippen LogP contribution in [0.1, 0.15) is 6.42 Å². The minimum absolute atomic E-state index is 0.0234. The van der Waals surface area contributed by atoms with Crippen LogP contribution < -0.4 is 5.32 Å². The lowest BCUT2D eigenvalue weighted by molar-refractivity contribution is -0.385. The van der Waals surface area contributed by atoms with Crippen LogP contribution in [-0.2, 0) is 16.1 Å². The summed E-state index contributed by atoms with van der Waals surface area (Å²) in [5, 5.41) is 25.2. The van der Waals surface area contributed by atoms with Crippen LogP contribution in [0.3, 0.4) is 0 Å². The van der Waals surface area contributed by atoms with Crippen LogP contribution in [0.25, 0.3) is 0 Å². The summed E-state index contributed by atoms with van der Waals surface area (Å²) in [4.78, 5) is 21.3. The molecular weight excluding hydrogens is 256 g/mol. The molecule has 1 aromatic heterocycles. The van der Waals surface area contributed by atoms with Gasteiger partial charge in [0, 0.05) is 13.2 Å². The van der Waals surface area contributed by atoms with Gasteiger partial charge in [-0.15, -0.1) is 0 Å². The standard InChI is InChI=1S/C10H16N4O5/c15-3-5-19-4-1-2-11-10(16)8-13-7-9(6-12-13)14(17)18/h6-7,15H,1-5,8H2,(H,11,16). The average molecular weight is 272 g/mol. The van der Waals surface area contributed by atoms with Gasteiger partial charge < -0.3 is 15.2 Å². The second-order valence-electron chi connectivity index (χ2n) is 3.69. The highest BCUT2D eigenvalue weighted by Crippen LogP contribution is 2.07. The Morgan fingerprint density at radius 2 is 2.37 bits per heavy atom. The molecule has 1 rings (SSSR count). The Labute approximate surface area is 109 Å². The molecule has 106 valence electrons. The monoisotopic (exact) mass is 272 g/mol. The summed E-state index contributed by atoms with van der Waals surface area (Å²) in [7, 11) is 0. The second-order valence-corrected chi connectivity index (χ2v) is 3.69. The van der Waals surface area contributed by atoms with Gasteiger partial charge in [0.1, 0.15) is 18.9 Å². The van der Waals surface area contributed by atoms with Crippen molar-refractivity contribution in [1.29, 1.82) is 0 Å². The predicted octanol–water partition coefficient (Wildman–Crippen LogP) is -0.693. The highest BCUT2D eigenvalue weighted by atomic mass is 16.6. The first-order valence-corrected chi connectivity index (χ1v) is 5.75. The minimum Gasteiger partial charge on any atom is -0.394 e. The molecule has 0 fully saturated rings. The fourth-order valence-electron chi connectivity index (χ4n) is 1.31. The number of nitro groups is 1. The Hall–Kier alpha value is -2.00. The minimum atomic E-state index is -0.570. The summed E-state index contributed by atoms with van der Waals surface area (Å²) in [6.07, 6.45) is 2.92. The van der Waals surface area contributed by atoms with E-state index >= 15 is 0 Å². The first-order chi connectivity index (χ1) is 9.13. The lowest BCUT2D eigenvalue weighted by Gasteiger charge is -2.05. The number of aliphatic hydroxyl groups is 1. The maximum absolute atomic E-state index is 11.5. The van der Waals surface area contributed by atoms with Crippen molar-refractivity contribution in [2.75, 3.05) is 26.4 Å². The molecule has 0 aliphatic heterocycles. The lowest BCUT2D eigenvalue weighted by Crippen LogP contribution is -2.29. The second kappa shape index (κ2) is 8.16. The third-order valence-electron chi connectivity index (χ3n) is 2.16. The number of carbonyl (C=O) groups is 1. The van der Waals surface area contributed by atoms with Crippen molar-refractivity contribution in [1.82, 2.24) is 15.1 Å². The normalized spacial score (nSPS) is 10.4. The lowest BCUT2D eigenvalue weighted by atomic mass is 10.4. The Morgan fingerprint density at radius 3 is 3.00 bits per heavy atom. The largest absolute Gasteiger partial charge is 0.394 e. The molecule has 1 heterocycles. The van der Waals surface area contributed by atoms with Crippen LogP contribution >= 0.6 is 0 Å². The van der Waals surface area contributed by atoms with E-state index in [4.69, 9.17) is 9.84 Å². The molecule has 0 saturated carbocycles. The van der Waals surface area contributed by atoms with Gasteiger partial charge in [0.25, 0.3) is 0 Å². The van der Waals surface area contributed by atoms with Gasteiger partial charge in [0.2, 0.25) is 5.91 Å². The summed E-state index contributed by atoms with van der Waals surface area (Å²) >= 11 is 0. The number of hydrogen-bond acceptors (Lipinski definition) is 6. The molecule has 0 saturated heterocycles. The van der Waals surface area contributed by atoms with Crippen LogP contribution in [0.5, 0.6) is 0 Å². The number of ether oxygens (including phenoxy) is 1. The van der Waals surface area contributed by atoms with Crippen molar-refractivity contribution < 1.29 is 19.6 Å². The first-order valence-electron chi connectivity index (χ1n) is 5.75. The van der Waals surface area contributed by atoms with Crippen molar-refractivity contribution >= 4 is 11.6 Å². The molecule has 1 aromatic rings. The van der Waals surface area contributed by atoms with Crippen molar-refractivity contribution in [3.63, 3.8) is 0 Å². The van der Waals surface area contributed by atoms with Crippen molar-refractivity contribution in [2.24, 2.45) is 0 Å². The SMILES string of the molecule is O=C(Cn1cc([N+](=O)[O-])cn1)NCCCOCCO. The Balaban J connectivity index is 2.18. The molecule has 0 spiro atoms. The average Bonchev–Trinajstić information content (AvgIpc) is 2.82. The van der Waals surface area contributed by atoms with E-state index in [2.05, 4.69) is 10.4 Å². The first kappa shape index (κ1) is 15.1. The molecule has 0 bridgehead atoms. The molecule has 0 unspecified atom stereocenters. The van der Waals surface area contributed by atoms with E-state index in [0.717, 1.165) is 6.20 Å². The Bertz CT molecular complexity index is 420. The molecule has 0 radical (unpaired) electrons. The van der Waals surface area contributed by atoms with Crippen molar-refractivity contribution in [3.8, 4) is 0 Å². The van der Waals surface area contributed by atoms with Gasteiger partial charge in [0.15, 0.2) is 0 Å². The van der Waals surface area contributed by atoms with Gasteiger partial charge in [-0.2, -0.15) is 5.10 Å². The molecule has 9 heteroatoms. The Morgan fingerprint density at radius 1 is 1.58 bits per heavy atom. The van der Waals surface area contributed by atoms with Crippen LogP contribution in [-0.4, -0.2) is 52.1 Å². The third-order valence-corrected chi connectivity index (χ3v) is 2.16. The topological polar surface area (TPSA) is 120 Å². The van der Waals surface area contributed by atoms with Crippen LogP contribution in [0.4, 0.5) is 5.69 Å². The fraction of sp³-hybridized carbons (Fsp3) is 0.600. The van der Waals surface area contributed by atoms with E-state index in [9.17, 15) is 14.9 Å². The van der Waals surface area contributed by atoms with E-state index < -0.39 is 4.92 Å². The zero-order chi connectivity index (χ0) is 14.1. The van der Waals surface area contributed by atoms with Crippen LogP contribution in [0, 0.1) is 10.1 Å². The summed E-state index contributed by atoms with van der Waals surface area (Å²) < 4.78 is 6.22. The van der Waals surface area contributed by atoms with Gasteiger partial charge in [-0.1, -0.05) is 0 Å². The van der Waals surface area contributed by atoms with Gasteiger partial charge >= 0.3 is 5.69 Å². The molecule has 19 heavy (non-hydrogen) atoms. The van der Waals surface area contributed by atoms with Gasteiger partial charge in [0.05, 0.1) is 18.1 Å². The van der Waals surface area contributed by atoms with E-state index in [1.807, 2.05) is 0 Å². The number of amides is 1. The highest BCUT2D eigenvalue weighted by molar-refractivity contribution is 5.75. The number of carbonyl (C=O) groups excluding carboxylic acids is 1. The molecule has 9 nitrogen and oxygen atoms in total. The number of aliphatic hydroxyl groups excluding tert-OH is 1. The Kier molecular flexibility index (Phi) is 6.47. The number of aromatic nitrogens is 2. The number of nitrogens with one attached hydrogen (secondary N) is 1.